The van der Waals surface area contributed by atoms with E-state index < -0.39 is 22.8 Å². The van der Waals surface area contributed by atoms with Gasteiger partial charge in [0.15, 0.2) is 0 Å². The molecule has 0 aliphatic rings. The smallest absolute Gasteiger partial charge is 0.309 e. The molecule has 0 aliphatic heterocycles. The molecule has 0 atom stereocenters. The zero-order valence-electron chi connectivity index (χ0n) is 19.2. The second kappa shape index (κ2) is 10.8. The predicted molar refractivity (Wildman–Crippen MR) is 118 cm³/mol. The number of hydrogen-bond donors (Lipinski definition) is 2. The van der Waals surface area contributed by atoms with Crippen molar-refractivity contribution in [3.63, 3.8) is 0 Å². The SMILES string of the molecule is Cc1cc(C)c(CCCCCC(C)(C)C(=O)O)c(CCCCC(C)(C)C(=O)O)c1. The standard InChI is InChI=1S/C25H40O4/c1-18-16-19(2)21(13-8-7-10-14-24(3,4)22(26)27)20(17-18)12-9-11-15-25(5,6)23(28)29/h16-17H,7-15H2,1-6H3,(H,26,27)(H,28,29). The van der Waals surface area contributed by atoms with Crippen LogP contribution in [0.4, 0.5) is 0 Å². The molecule has 0 heterocycles. The summed E-state index contributed by atoms with van der Waals surface area (Å²) < 4.78 is 0. The zero-order valence-corrected chi connectivity index (χ0v) is 19.2. The van der Waals surface area contributed by atoms with Gasteiger partial charge in [0.1, 0.15) is 0 Å². The average molecular weight is 405 g/mol. The second-order valence-electron chi connectivity index (χ2n) is 9.87. The van der Waals surface area contributed by atoms with Gasteiger partial charge < -0.3 is 10.2 Å². The fourth-order valence-corrected chi connectivity index (χ4v) is 3.81. The Morgan fingerprint density at radius 1 is 0.759 bits per heavy atom. The third-order valence-corrected chi connectivity index (χ3v) is 6.09. The summed E-state index contributed by atoms with van der Waals surface area (Å²) in [6.45, 7) is 11.5. The van der Waals surface area contributed by atoms with E-state index in [1.54, 1.807) is 27.7 Å². The zero-order chi connectivity index (χ0) is 22.2. The van der Waals surface area contributed by atoms with Gasteiger partial charge in [-0.3, -0.25) is 9.59 Å². The summed E-state index contributed by atoms with van der Waals surface area (Å²) in [7, 11) is 0. The summed E-state index contributed by atoms with van der Waals surface area (Å²) in [6.07, 6.45) is 8.37. The summed E-state index contributed by atoms with van der Waals surface area (Å²) in [4.78, 5) is 22.5. The van der Waals surface area contributed by atoms with Crippen LogP contribution in [-0.2, 0) is 22.4 Å². The first-order valence-electron chi connectivity index (χ1n) is 10.9. The van der Waals surface area contributed by atoms with Crippen LogP contribution in [0.3, 0.4) is 0 Å². The quantitative estimate of drug-likeness (QED) is 0.376. The Balaban J connectivity index is 2.60. The first-order valence-corrected chi connectivity index (χ1v) is 10.9. The minimum atomic E-state index is -0.726. The van der Waals surface area contributed by atoms with Gasteiger partial charge in [-0.15, -0.1) is 0 Å². The number of carbonyl (C=O) groups is 2. The van der Waals surface area contributed by atoms with E-state index in [1.165, 1.54) is 22.3 Å². The summed E-state index contributed by atoms with van der Waals surface area (Å²) in [5.41, 5.74) is 4.11. The van der Waals surface area contributed by atoms with Gasteiger partial charge in [-0.25, -0.2) is 0 Å². The molecule has 4 heteroatoms. The molecule has 0 aliphatic carbocycles. The number of carboxylic acids is 2. The van der Waals surface area contributed by atoms with E-state index in [1.807, 2.05) is 0 Å². The Hall–Kier alpha value is -1.84. The lowest BCUT2D eigenvalue weighted by molar-refractivity contribution is -0.148. The van der Waals surface area contributed by atoms with Crippen molar-refractivity contribution in [2.75, 3.05) is 0 Å². The van der Waals surface area contributed by atoms with E-state index in [2.05, 4.69) is 26.0 Å². The maximum absolute atomic E-state index is 11.3. The normalized spacial score (nSPS) is 12.2. The fraction of sp³-hybridized carbons (Fsp3) is 0.680. The number of rotatable bonds is 13. The lowest BCUT2D eigenvalue weighted by Gasteiger charge is -2.20. The highest BCUT2D eigenvalue weighted by Gasteiger charge is 2.26. The van der Waals surface area contributed by atoms with Gasteiger partial charge in [-0.2, -0.15) is 0 Å². The number of aliphatic carboxylic acids is 2. The molecule has 0 radical (unpaired) electrons. The van der Waals surface area contributed by atoms with Gasteiger partial charge in [0.25, 0.3) is 0 Å². The van der Waals surface area contributed by atoms with E-state index in [4.69, 9.17) is 0 Å². The van der Waals surface area contributed by atoms with Gasteiger partial charge in [-0.1, -0.05) is 37.0 Å². The molecule has 1 aromatic rings. The number of benzene rings is 1. The van der Waals surface area contributed by atoms with Crippen molar-refractivity contribution >= 4 is 11.9 Å². The topological polar surface area (TPSA) is 74.6 Å². The minimum Gasteiger partial charge on any atom is -0.481 e. The van der Waals surface area contributed by atoms with E-state index in [9.17, 15) is 19.8 Å². The third kappa shape index (κ3) is 8.20. The van der Waals surface area contributed by atoms with Gasteiger partial charge >= 0.3 is 11.9 Å². The van der Waals surface area contributed by atoms with E-state index in [0.29, 0.717) is 12.8 Å². The first-order chi connectivity index (χ1) is 13.4. The molecular weight excluding hydrogens is 364 g/mol. The van der Waals surface area contributed by atoms with Crippen LogP contribution < -0.4 is 0 Å². The molecule has 164 valence electrons. The van der Waals surface area contributed by atoms with Gasteiger partial charge in [-0.05, 0) is 96.8 Å². The molecule has 2 N–H and O–H groups in total. The molecule has 0 saturated carbocycles. The number of hydrogen-bond acceptors (Lipinski definition) is 2. The molecular formula is C25H40O4. The molecule has 4 nitrogen and oxygen atoms in total. The number of unbranched alkanes of at least 4 members (excludes halogenated alkanes) is 3. The van der Waals surface area contributed by atoms with Crippen LogP contribution in [0.25, 0.3) is 0 Å². The molecule has 0 unspecified atom stereocenters. The average Bonchev–Trinajstić information content (AvgIpc) is 2.59. The van der Waals surface area contributed by atoms with Crippen molar-refractivity contribution in [3.05, 3.63) is 34.4 Å². The monoisotopic (exact) mass is 404 g/mol. The molecule has 0 saturated heterocycles. The van der Waals surface area contributed by atoms with Crippen molar-refractivity contribution in [2.45, 2.75) is 99.3 Å². The van der Waals surface area contributed by atoms with Crippen molar-refractivity contribution < 1.29 is 19.8 Å². The third-order valence-electron chi connectivity index (χ3n) is 6.09. The van der Waals surface area contributed by atoms with Crippen LogP contribution in [0, 0.1) is 24.7 Å². The highest BCUT2D eigenvalue weighted by Crippen LogP contribution is 2.27. The Labute approximate surface area is 176 Å². The van der Waals surface area contributed by atoms with Gasteiger partial charge in [0.2, 0.25) is 0 Å². The Kier molecular flexibility index (Phi) is 9.38. The summed E-state index contributed by atoms with van der Waals surface area (Å²) in [6, 6.07) is 4.51. The minimum absolute atomic E-state index is 0.644. The highest BCUT2D eigenvalue weighted by atomic mass is 16.4. The molecule has 29 heavy (non-hydrogen) atoms. The van der Waals surface area contributed by atoms with Crippen LogP contribution in [0.5, 0.6) is 0 Å². The number of aryl methyl sites for hydroxylation is 3. The number of carboxylic acid groups (broad SMARTS) is 2. The van der Waals surface area contributed by atoms with Crippen LogP contribution in [0.1, 0.15) is 94.9 Å². The molecule has 0 fully saturated rings. The summed E-state index contributed by atoms with van der Waals surface area (Å²) in [5, 5.41) is 18.5. The van der Waals surface area contributed by atoms with Crippen LogP contribution in [-0.4, -0.2) is 22.2 Å². The first kappa shape index (κ1) is 25.2. The maximum atomic E-state index is 11.3. The largest absolute Gasteiger partial charge is 0.481 e. The Morgan fingerprint density at radius 2 is 1.24 bits per heavy atom. The van der Waals surface area contributed by atoms with Crippen LogP contribution >= 0.6 is 0 Å². The molecule has 0 amide bonds. The highest BCUT2D eigenvalue weighted by molar-refractivity contribution is 5.73. The molecule has 0 aromatic heterocycles. The van der Waals surface area contributed by atoms with Gasteiger partial charge in [0, 0.05) is 0 Å². The maximum Gasteiger partial charge on any atom is 0.309 e. The van der Waals surface area contributed by atoms with Crippen molar-refractivity contribution in [1.29, 1.82) is 0 Å². The molecule has 1 rings (SSSR count). The predicted octanol–water partition coefficient (Wildman–Crippen LogP) is 6.34. The molecule has 0 bridgehead atoms. The fourth-order valence-electron chi connectivity index (χ4n) is 3.81. The summed E-state index contributed by atoms with van der Waals surface area (Å²) >= 11 is 0. The van der Waals surface area contributed by atoms with Crippen LogP contribution in [0.2, 0.25) is 0 Å². The second-order valence-corrected chi connectivity index (χ2v) is 9.87. The van der Waals surface area contributed by atoms with E-state index in [0.717, 1.165) is 44.9 Å². The summed E-state index contributed by atoms with van der Waals surface area (Å²) in [5.74, 6) is -1.45. The van der Waals surface area contributed by atoms with E-state index in [-0.39, 0.29) is 0 Å². The molecule has 0 spiro atoms. The lowest BCUT2D eigenvalue weighted by Crippen LogP contribution is -2.23. The van der Waals surface area contributed by atoms with Crippen LogP contribution in [0.15, 0.2) is 12.1 Å². The Bertz CT molecular complexity index is 701. The molecule has 1 aromatic carbocycles. The Morgan fingerprint density at radius 3 is 1.76 bits per heavy atom. The van der Waals surface area contributed by atoms with Crippen molar-refractivity contribution in [3.8, 4) is 0 Å². The van der Waals surface area contributed by atoms with Crippen molar-refractivity contribution in [2.24, 2.45) is 10.8 Å². The van der Waals surface area contributed by atoms with Crippen molar-refractivity contribution in [1.82, 2.24) is 0 Å². The lowest BCUT2D eigenvalue weighted by atomic mass is 9.85. The van der Waals surface area contributed by atoms with Gasteiger partial charge in [0.05, 0.1) is 10.8 Å². The van der Waals surface area contributed by atoms with E-state index >= 15 is 0 Å².